The van der Waals surface area contributed by atoms with E-state index in [0.29, 0.717) is 0 Å². The number of carbonyl (C=O) groups excluding carboxylic acids is 1. The van der Waals surface area contributed by atoms with Crippen molar-refractivity contribution >= 4 is 6.09 Å². The number of aromatic nitrogens is 1. The van der Waals surface area contributed by atoms with E-state index in [1.165, 1.54) is 0 Å². The Bertz CT molecular complexity index is 332. The number of halogens is 2. The van der Waals surface area contributed by atoms with Gasteiger partial charge in [-0.2, -0.15) is 0 Å². The van der Waals surface area contributed by atoms with Crippen LogP contribution in [0.5, 0.6) is 5.88 Å². The number of alkyl halides is 2. The molecule has 0 aliphatic heterocycles. The van der Waals surface area contributed by atoms with Crippen molar-refractivity contribution in [2.75, 3.05) is 0 Å². The molecule has 14 heavy (non-hydrogen) atoms. The van der Waals surface area contributed by atoms with Gasteiger partial charge in [0.1, 0.15) is 0 Å². The number of hydrogen-bond acceptors (Lipinski definition) is 3. The van der Waals surface area contributed by atoms with Crippen molar-refractivity contribution in [1.82, 2.24) is 4.98 Å². The minimum absolute atomic E-state index is 0.106. The number of carbonyl (C=O) groups is 1. The Balaban J connectivity index is 2.84. The summed E-state index contributed by atoms with van der Waals surface area (Å²) >= 11 is 0. The molecule has 0 unspecified atom stereocenters. The largest absolute Gasteiger partial charge is 0.411 e. The average molecular weight is 202 g/mol. The van der Waals surface area contributed by atoms with Crippen LogP contribution in [0, 0.1) is 0 Å². The van der Waals surface area contributed by atoms with Crippen LogP contribution in [0.1, 0.15) is 12.5 Å². The zero-order valence-corrected chi connectivity index (χ0v) is 7.33. The zero-order valence-electron chi connectivity index (χ0n) is 7.33. The number of primary amides is 1. The monoisotopic (exact) mass is 202 g/mol. The number of amides is 1. The van der Waals surface area contributed by atoms with Crippen molar-refractivity contribution in [3.63, 3.8) is 0 Å². The van der Waals surface area contributed by atoms with Gasteiger partial charge in [0.05, 0.1) is 0 Å². The highest BCUT2D eigenvalue weighted by atomic mass is 19.3. The summed E-state index contributed by atoms with van der Waals surface area (Å²) in [4.78, 5) is 13.7. The van der Waals surface area contributed by atoms with Crippen LogP contribution < -0.4 is 10.5 Å². The molecule has 1 amide bonds. The summed E-state index contributed by atoms with van der Waals surface area (Å²) in [6.45, 7) is 0.749. The SMILES string of the molecule is CC(F)(F)c1ccc(OC(N)=O)nc1. The lowest BCUT2D eigenvalue weighted by Gasteiger charge is -2.09. The lowest BCUT2D eigenvalue weighted by molar-refractivity contribution is 0.0171. The number of nitrogens with zero attached hydrogens (tertiary/aromatic N) is 1. The fourth-order valence-corrected chi connectivity index (χ4v) is 0.803. The zero-order chi connectivity index (χ0) is 10.8. The average Bonchev–Trinajstić information content (AvgIpc) is 2.02. The van der Waals surface area contributed by atoms with Crippen molar-refractivity contribution in [3.05, 3.63) is 23.9 Å². The van der Waals surface area contributed by atoms with Gasteiger partial charge in [-0.15, -0.1) is 0 Å². The quantitative estimate of drug-likeness (QED) is 0.792. The molecule has 0 bridgehead atoms. The molecule has 0 saturated heterocycles. The fraction of sp³-hybridized carbons (Fsp3) is 0.250. The number of nitrogens with two attached hydrogens (primary N) is 1. The van der Waals surface area contributed by atoms with Crippen LogP contribution in [-0.4, -0.2) is 11.1 Å². The molecule has 0 aromatic carbocycles. The Hall–Kier alpha value is -1.72. The van der Waals surface area contributed by atoms with Gasteiger partial charge in [0.2, 0.25) is 5.88 Å². The summed E-state index contributed by atoms with van der Waals surface area (Å²) in [5.41, 5.74) is 4.44. The van der Waals surface area contributed by atoms with Crippen molar-refractivity contribution in [2.45, 2.75) is 12.8 Å². The van der Waals surface area contributed by atoms with Gasteiger partial charge in [-0.1, -0.05) is 0 Å². The molecular formula is C8H8F2N2O2. The Kier molecular flexibility index (Phi) is 2.64. The topological polar surface area (TPSA) is 65.2 Å². The maximum absolute atomic E-state index is 12.7. The summed E-state index contributed by atoms with van der Waals surface area (Å²) in [5.74, 6) is -3.07. The second-order valence-electron chi connectivity index (χ2n) is 2.69. The van der Waals surface area contributed by atoms with E-state index >= 15 is 0 Å². The minimum atomic E-state index is -2.96. The summed E-state index contributed by atoms with van der Waals surface area (Å²) in [6.07, 6.45) is -0.105. The summed E-state index contributed by atoms with van der Waals surface area (Å²) < 4.78 is 29.7. The van der Waals surface area contributed by atoms with Crippen LogP contribution in [0.15, 0.2) is 18.3 Å². The Labute approximate surface area is 78.7 Å². The highest BCUT2D eigenvalue weighted by Crippen LogP contribution is 2.26. The first-order chi connectivity index (χ1) is 6.39. The molecule has 1 aromatic rings. The van der Waals surface area contributed by atoms with E-state index < -0.39 is 12.0 Å². The molecule has 1 heterocycles. The predicted octanol–water partition coefficient (Wildman–Crippen LogP) is 1.65. The molecule has 2 N–H and O–H groups in total. The van der Waals surface area contributed by atoms with Crippen molar-refractivity contribution in [3.8, 4) is 5.88 Å². The van der Waals surface area contributed by atoms with Crippen LogP contribution in [0.4, 0.5) is 13.6 Å². The molecule has 0 aliphatic rings. The molecule has 0 spiro atoms. The highest BCUT2D eigenvalue weighted by molar-refractivity contribution is 5.67. The van der Waals surface area contributed by atoms with Gasteiger partial charge >= 0.3 is 6.09 Å². The molecule has 0 saturated carbocycles. The van der Waals surface area contributed by atoms with Crippen LogP contribution >= 0.6 is 0 Å². The summed E-state index contributed by atoms with van der Waals surface area (Å²) in [7, 11) is 0. The van der Waals surface area contributed by atoms with E-state index in [2.05, 4.69) is 9.72 Å². The lowest BCUT2D eigenvalue weighted by atomic mass is 10.2. The van der Waals surface area contributed by atoms with Crippen LogP contribution in [0.3, 0.4) is 0 Å². The van der Waals surface area contributed by atoms with Crippen molar-refractivity contribution in [2.24, 2.45) is 5.73 Å². The number of pyridine rings is 1. The third kappa shape index (κ3) is 2.65. The lowest BCUT2D eigenvalue weighted by Crippen LogP contribution is -2.17. The van der Waals surface area contributed by atoms with Gasteiger partial charge in [-0.05, 0) is 6.07 Å². The van der Waals surface area contributed by atoms with Crippen LogP contribution in [0.2, 0.25) is 0 Å². The fourth-order valence-electron chi connectivity index (χ4n) is 0.803. The molecule has 0 fully saturated rings. The summed E-state index contributed by atoms with van der Waals surface area (Å²) in [5, 5.41) is 0. The van der Waals surface area contributed by atoms with E-state index in [-0.39, 0.29) is 11.4 Å². The number of hydrogen-bond donors (Lipinski definition) is 1. The van der Waals surface area contributed by atoms with Crippen LogP contribution in [-0.2, 0) is 5.92 Å². The molecule has 0 radical (unpaired) electrons. The van der Waals surface area contributed by atoms with E-state index in [1.54, 1.807) is 0 Å². The van der Waals surface area contributed by atoms with Crippen molar-refractivity contribution in [1.29, 1.82) is 0 Å². The first-order valence-electron chi connectivity index (χ1n) is 3.71. The Morgan fingerprint density at radius 1 is 1.57 bits per heavy atom. The maximum Gasteiger partial charge on any atom is 0.411 e. The Morgan fingerprint density at radius 3 is 2.57 bits per heavy atom. The van der Waals surface area contributed by atoms with Gasteiger partial charge in [-0.3, -0.25) is 0 Å². The van der Waals surface area contributed by atoms with Crippen molar-refractivity contribution < 1.29 is 18.3 Å². The normalized spacial score (nSPS) is 11.1. The molecule has 6 heteroatoms. The molecule has 0 atom stereocenters. The molecule has 0 aliphatic carbocycles. The molecule has 1 rings (SSSR count). The second-order valence-corrected chi connectivity index (χ2v) is 2.69. The van der Waals surface area contributed by atoms with Gasteiger partial charge in [-0.25, -0.2) is 18.6 Å². The van der Waals surface area contributed by atoms with E-state index in [4.69, 9.17) is 5.73 Å². The van der Waals surface area contributed by atoms with Crippen LogP contribution in [0.25, 0.3) is 0 Å². The van der Waals surface area contributed by atoms with E-state index in [9.17, 15) is 13.6 Å². The molecular weight excluding hydrogens is 194 g/mol. The van der Waals surface area contributed by atoms with E-state index in [0.717, 1.165) is 25.3 Å². The van der Waals surface area contributed by atoms with E-state index in [1.807, 2.05) is 0 Å². The molecule has 4 nitrogen and oxygen atoms in total. The van der Waals surface area contributed by atoms with Gasteiger partial charge in [0, 0.05) is 24.8 Å². The van der Waals surface area contributed by atoms with Gasteiger partial charge in [0.25, 0.3) is 5.92 Å². The van der Waals surface area contributed by atoms with Gasteiger partial charge < -0.3 is 10.5 Å². The third-order valence-corrected chi connectivity index (χ3v) is 1.45. The predicted molar refractivity (Wildman–Crippen MR) is 44.0 cm³/mol. The summed E-state index contributed by atoms with van der Waals surface area (Å²) in [6, 6.07) is 2.27. The first kappa shape index (κ1) is 10.4. The minimum Gasteiger partial charge on any atom is -0.391 e. The third-order valence-electron chi connectivity index (χ3n) is 1.45. The van der Waals surface area contributed by atoms with Gasteiger partial charge in [0.15, 0.2) is 0 Å². The molecule has 1 aromatic heterocycles. The Morgan fingerprint density at radius 2 is 2.21 bits per heavy atom. The molecule has 76 valence electrons. The standard InChI is InChI=1S/C8H8F2N2O2/c1-8(9,10)5-2-3-6(12-4-5)14-7(11)13/h2-4H,1H3,(H2,11,13). The maximum atomic E-state index is 12.7. The number of ether oxygens (including phenoxy) is 1. The second kappa shape index (κ2) is 3.57. The highest BCUT2D eigenvalue weighted by Gasteiger charge is 2.24. The smallest absolute Gasteiger partial charge is 0.391 e. The first-order valence-corrected chi connectivity index (χ1v) is 3.71. The number of rotatable bonds is 2.